The van der Waals surface area contributed by atoms with E-state index < -0.39 is 0 Å². The Morgan fingerprint density at radius 3 is 2.44 bits per heavy atom. The minimum absolute atomic E-state index is 0.370. The SMILES string of the molecule is SCCCCC=C(Cl)Cl. The van der Waals surface area contributed by atoms with Crippen molar-refractivity contribution in [3.63, 3.8) is 0 Å². The molecule has 0 N–H and O–H groups in total. The summed E-state index contributed by atoms with van der Waals surface area (Å²) in [5.74, 6) is 0.938. The van der Waals surface area contributed by atoms with E-state index >= 15 is 0 Å². The maximum atomic E-state index is 5.36. The van der Waals surface area contributed by atoms with E-state index in [1.165, 1.54) is 0 Å². The van der Waals surface area contributed by atoms with Crippen molar-refractivity contribution in [2.24, 2.45) is 0 Å². The van der Waals surface area contributed by atoms with Crippen LogP contribution < -0.4 is 0 Å². The largest absolute Gasteiger partial charge is 0.179 e. The molecule has 0 aromatic heterocycles. The van der Waals surface area contributed by atoms with Gasteiger partial charge in [-0.05, 0) is 25.0 Å². The molecule has 0 aromatic carbocycles. The van der Waals surface area contributed by atoms with Crippen LogP contribution in [0.5, 0.6) is 0 Å². The van der Waals surface area contributed by atoms with Gasteiger partial charge in [0.1, 0.15) is 4.49 Å². The van der Waals surface area contributed by atoms with Crippen LogP contribution in [-0.4, -0.2) is 5.75 Å². The van der Waals surface area contributed by atoms with Gasteiger partial charge in [0.15, 0.2) is 0 Å². The second-order valence-electron chi connectivity index (χ2n) is 1.71. The van der Waals surface area contributed by atoms with Gasteiger partial charge >= 0.3 is 0 Å². The van der Waals surface area contributed by atoms with Crippen molar-refractivity contribution >= 4 is 35.8 Å². The average molecular weight is 185 g/mol. The summed E-state index contributed by atoms with van der Waals surface area (Å²) < 4.78 is 0.370. The lowest BCUT2D eigenvalue weighted by Gasteiger charge is -1.89. The van der Waals surface area contributed by atoms with Crippen LogP contribution in [0.3, 0.4) is 0 Å². The molecule has 0 unspecified atom stereocenters. The normalized spacial score (nSPS) is 9.22. The van der Waals surface area contributed by atoms with Crippen molar-refractivity contribution in [2.45, 2.75) is 19.3 Å². The van der Waals surface area contributed by atoms with Gasteiger partial charge in [0.2, 0.25) is 0 Å². The number of allylic oxidation sites excluding steroid dienone is 1. The van der Waals surface area contributed by atoms with Gasteiger partial charge in [-0.25, -0.2) is 0 Å². The second kappa shape index (κ2) is 6.79. The van der Waals surface area contributed by atoms with Crippen LogP contribution in [-0.2, 0) is 0 Å². The Kier molecular flexibility index (Phi) is 7.29. The fraction of sp³-hybridized carbons (Fsp3) is 0.667. The molecule has 0 nitrogen and oxygen atoms in total. The smallest absolute Gasteiger partial charge is 0.102 e. The highest BCUT2D eigenvalue weighted by Crippen LogP contribution is 2.09. The molecule has 0 spiro atoms. The molecule has 3 heteroatoms. The Morgan fingerprint density at radius 2 is 2.00 bits per heavy atom. The summed E-state index contributed by atoms with van der Waals surface area (Å²) in [6, 6.07) is 0. The highest BCUT2D eigenvalue weighted by molar-refractivity contribution is 7.80. The van der Waals surface area contributed by atoms with Crippen LogP contribution in [0.15, 0.2) is 10.6 Å². The third-order valence-electron chi connectivity index (χ3n) is 0.911. The fourth-order valence-corrected chi connectivity index (χ4v) is 0.909. The first-order valence-electron chi connectivity index (χ1n) is 2.89. The van der Waals surface area contributed by atoms with Gasteiger partial charge in [-0.15, -0.1) is 0 Å². The number of thiol groups is 1. The Balaban J connectivity index is 3.00. The highest BCUT2D eigenvalue weighted by atomic mass is 35.5. The van der Waals surface area contributed by atoms with Crippen molar-refractivity contribution in [1.29, 1.82) is 0 Å². The van der Waals surface area contributed by atoms with Crippen LogP contribution in [0, 0.1) is 0 Å². The van der Waals surface area contributed by atoms with Crippen molar-refractivity contribution in [1.82, 2.24) is 0 Å². The highest BCUT2D eigenvalue weighted by Gasteiger charge is 1.84. The molecule has 54 valence electrons. The predicted octanol–water partition coefficient (Wildman–Crippen LogP) is 3.41. The molecule has 0 heterocycles. The van der Waals surface area contributed by atoms with Gasteiger partial charge in [-0.1, -0.05) is 29.3 Å². The summed E-state index contributed by atoms with van der Waals surface area (Å²) in [6.45, 7) is 0. The van der Waals surface area contributed by atoms with Gasteiger partial charge < -0.3 is 0 Å². The lowest BCUT2D eigenvalue weighted by molar-refractivity contribution is 0.825. The van der Waals surface area contributed by atoms with Crippen molar-refractivity contribution < 1.29 is 0 Å². The fourth-order valence-electron chi connectivity index (χ4n) is 0.467. The minimum atomic E-state index is 0.370. The molecule has 0 aliphatic heterocycles. The second-order valence-corrected chi connectivity index (χ2v) is 3.17. The standard InChI is InChI=1S/C6H10Cl2S/c7-6(8)4-2-1-3-5-9/h4,9H,1-3,5H2. The number of halogens is 2. The molecule has 0 aliphatic rings. The summed E-state index contributed by atoms with van der Waals surface area (Å²) in [4.78, 5) is 0. The number of hydrogen-bond acceptors (Lipinski definition) is 1. The maximum Gasteiger partial charge on any atom is 0.102 e. The summed E-state index contributed by atoms with van der Waals surface area (Å²) in [6.07, 6.45) is 5.02. The molecule has 0 atom stereocenters. The Bertz CT molecular complexity index is 87.1. The molecule has 0 amide bonds. The van der Waals surface area contributed by atoms with E-state index in [1.807, 2.05) is 6.08 Å². The first kappa shape index (κ1) is 9.67. The van der Waals surface area contributed by atoms with Crippen LogP contribution in [0.25, 0.3) is 0 Å². The third-order valence-corrected chi connectivity index (χ3v) is 1.54. The zero-order valence-electron chi connectivity index (χ0n) is 5.11. The van der Waals surface area contributed by atoms with Gasteiger partial charge in [0, 0.05) is 0 Å². The van der Waals surface area contributed by atoms with Crippen LogP contribution in [0.1, 0.15) is 19.3 Å². The van der Waals surface area contributed by atoms with Crippen molar-refractivity contribution in [3.8, 4) is 0 Å². The molecule has 0 radical (unpaired) electrons. The van der Waals surface area contributed by atoms with E-state index in [0.29, 0.717) is 4.49 Å². The zero-order valence-corrected chi connectivity index (χ0v) is 7.52. The molecule has 9 heavy (non-hydrogen) atoms. The van der Waals surface area contributed by atoms with Gasteiger partial charge in [-0.3, -0.25) is 0 Å². The molecule has 0 aliphatic carbocycles. The lowest BCUT2D eigenvalue weighted by atomic mass is 10.2. The van der Waals surface area contributed by atoms with E-state index in [1.54, 1.807) is 0 Å². The summed E-state index contributed by atoms with van der Waals surface area (Å²) in [5, 5.41) is 0. The van der Waals surface area contributed by atoms with Crippen LogP contribution >= 0.6 is 35.8 Å². The van der Waals surface area contributed by atoms with E-state index in [0.717, 1.165) is 25.0 Å². The first-order valence-corrected chi connectivity index (χ1v) is 4.28. The van der Waals surface area contributed by atoms with Crippen LogP contribution in [0.2, 0.25) is 0 Å². The zero-order chi connectivity index (χ0) is 7.11. The number of rotatable bonds is 4. The summed E-state index contributed by atoms with van der Waals surface area (Å²) in [7, 11) is 0. The monoisotopic (exact) mass is 184 g/mol. The minimum Gasteiger partial charge on any atom is -0.179 e. The van der Waals surface area contributed by atoms with Crippen molar-refractivity contribution in [3.05, 3.63) is 10.6 Å². The molecule has 0 aromatic rings. The molecular formula is C6H10Cl2S. The van der Waals surface area contributed by atoms with E-state index in [-0.39, 0.29) is 0 Å². The van der Waals surface area contributed by atoms with Gasteiger partial charge in [-0.2, -0.15) is 12.6 Å². The number of hydrogen-bond donors (Lipinski definition) is 1. The third kappa shape index (κ3) is 8.67. The Morgan fingerprint density at radius 1 is 1.33 bits per heavy atom. The van der Waals surface area contributed by atoms with Gasteiger partial charge in [0.05, 0.1) is 0 Å². The molecule has 0 saturated heterocycles. The van der Waals surface area contributed by atoms with E-state index in [4.69, 9.17) is 23.2 Å². The molecular weight excluding hydrogens is 175 g/mol. The van der Waals surface area contributed by atoms with Crippen LogP contribution in [0.4, 0.5) is 0 Å². The number of unbranched alkanes of at least 4 members (excludes halogenated alkanes) is 2. The van der Waals surface area contributed by atoms with Crippen molar-refractivity contribution in [2.75, 3.05) is 5.75 Å². The topological polar surface area (TPSA) is 0 Å². The first-order chi connectivity index (χ1) is 4.27. The molecule has 0 bridgehead atoms. The molecule has 0 saturated carbocycles. The van der Waals surface area contributed by atoms with E-state index in [9.17, 15) is 0 Å². The summed E-state index contributed by atoms with van der Waals surface area (Å²) >= 11 is 14.8. The van der Waals surface area contributed by atoms with Gasteiger partial charge in [0.25, 0.3) is 0 Å². The Hall–Kier alpha value is 0.670. The quantitative estimate of drug-likeness (QED) is 0.503. The Labute approximate surface area is 71.6 Å². The lowest BCUT2D eigenvalue weighted by Crippen LogP contribution is -1.73. The summed E-state index contributed by atoms with van der Waals surface area (Å²) in [5.41, 5.74) is 0. The van der Waals surface area contributed by atoms with E-state index in [2.05, 4.69) is 12.6 Å². The molecule has 0 rings (SSSR count). The molecule has 0 fully saturated rings. The predicted molar refractivity (Wildman–Crippen MR) is 47.5 cm³/mol. The maximum absolute atomic E-state index is 5.36. The average Bonchev–Trinajstić information content (AvgIpc) is 1.80.